The van der Waals surface area contributed by atoms with Gasteiger partial charge in [-0.15, -0.1) is 12.6 Å². The molecule has 0 saturated carbocycles. The van der Waals surface area contributed by atoms with Gasteiger partial charge < -0.3 is 4.74 Å². The molecule has 2 rings (SSSR count). The molecule has 0 bridgehead atoms. The molecule has 0 aromatic carbocycles. The number of thiol groups is 1. The number of ether oxygens (including phenoxy) is 1. The Kier molecular flexibility index (Phi) is 3.05. The second-order valence-electron chi connectivity index (χ2n) is 4.49. The highest BCUT2D eigenvalue weighted by molar-refractivity contribution is 7.80. The van der Waals surface area contributed by atoms with Crippen molar-refractivity contribution in [1.29, 1.82) is 0 Å². The molecule has 2 heterocycles. The summed E-state index contributed by atoms with van der Waals surface area (Å²) in [6.45, 7) is 4.17. The third-order valence-corrected chi connectivity index (χ3v) is 3.50. The van der Waals surface area contributed by atoms with Crippen LogP contribution >= 0.6 is 12.6 Å². The minimum Gasteiger partial charge on any atom is -0.366 e. The summed E-state index contributed by atoms with van der Waals surface area (Å²) >= 11 is 4.18. The Hall–Kier alpha value is 0.200. The largest absolute Gasteiger partial charge is 0.366 e. The fourth-order valence-electron chi connectivity index (χ4n) is 2.72. The zero-order valence-electron chi connectivity index (χ0n) is 8.58. The average Bonchev–Trinajstić information content (AvgIpc) is 2.56. The van der Waals surface area contributed by atoms with E-state index in [1.807, 2.05) is 6.92 Å². The van der Waals surface area contributed by atoms with Crippen LogP contribution in [-0.2, 0) is 4.74 Å². The zero-order valence-corrected chi connectivity index (χ0v) is 9.47. The first-order chi connectivity index (χ1) is 6.62. The van der Waals surface area contributed by atoms with Crippen LogP contribution in [0.2, 0.25) is 0 Å². The monoisotopic (exact) mass is 219 g/mol. The van der Waals surface area contributed by atoms with Crippen LogP contribution < -0.4 is 0 Å². The lowest BCUT2D eigenvalue weighted by atomic mass is 9.95. The molecule has 3 atom stereocenters. The van der Waals surface area contributed by atoms with Crippen LogP contribution in [0.1, 0.15) is 26.2 Å². The molecule has 0 radical (unpaired) electrons. The number of halogens is 1. The third kappa shape index (κ3) is 1.92. The SMILES string of the molecule is CC(S)OC[C@@]12CCCN1C[C@H](F)C2. The molecule has 2 saturated heterocycles. The van der Waals surface area contributed by atoms with Gasteiger partial charge >= 0.3 is 0 Å². The van der Waals surface area contributed by atoms with Gasteiger partial charge in [0.1, 0.15) is 6.17 Å². The number of rotatable bonds is 3. The summed E-state index contributed by atoms with van der Waals surface area (Å²) < 4.78 is 18.8. The van der Waals surface area contributed by atoms with Crippen LogP contribution in [0.5, 0.6) is 0 Å². The zero-order chi connectivity index (χ0) is 10.2. The first-order valence-corrected chi connectivity index (χ1v) is 5.83. The minimum absolute atomic E-state index is 0.00356. The minimum atomic E-state index is -0.658. The normalized spacial score (nSPS) is 40.1. The second-order valence-corrected chi connectivity index (χ2v) is 5.21. The molecular weight excluding hydrogens is 201 g/mol. The Morgan fingerprint density at radius 3 is 3.21 bits per heavy atom. The molecule has 14 heavy (non-hydrogen) atoms. The quantitative estimate of drug-likeness (QED) is 0.574. The average molecular weight is 219 g/mol. The van der Waals surface area contributed by atoms with Gasteiger partial charge in [-0.05, 0) is 26.3 Å². The third-order valence-electron chi connectivity index (χ3n) is 3.35. The van der Waals surface area contributed by atoms with E-state index in [2.05, 4.69) is 17.5 Å². The number of hydrogen-bond acceptors (Lipinski definition) is 3. The number of nitrogens with zero attached hydrogens (tertiary/aromatic N) is 1. The van der Waals surface area contributed by atoms with Crippen molar-refractivity contribution in [3.8, 4) is 0 Å². The first-order valence-electron chi connectivity index (χ1n) is 5.31. The van der Waals surface area contributed by atoms with Crippen LogP contribution in [0.15, 0.2) is 0 Å². The van der Waals surface area contributed by atoms with E-state index in [1.54, 1.807) is 0 Å². The van der Waals surface area contributed by atoms with Crippen molar-refractivity contribution in [3.05, 3.63) is 0 Å². The molecule has 0 aromatic heterocycles. The van der Waals surface area contributed by atoms with Gasteiger partial charge in [-0.25, -0.2) is 4.39 Å². The molecule has 2 aliphatic rings. The summed E-state index contributed by atoms with van der Waals surface area (Å²) in [6, 6.07) is 0. The van der Waals surface area contributed by atoms with Crippen molar-refractivity contribution in [2.45, 2.75) is 43.3 Å². The Bertz CT molecular complexity index is 214. The maximum Gasteiger partial charge on any atom is 0.115 e. The van der Waals surface area contributed by atoms with Gasteiger partial charge in [0.15, 0.2) is 0 Å². The van der Waals surface area contributed by atoms with E-state index in [0.29, 0.717) is 19.6 Å². The molecular formula is C10H18FNOS. The van der Waals surface area contributed by atoms with Gasteiger partial charge in [0.25, 0.3) is 0 Å². The molecule has 2 fully saturated rings. The molecule has 0 aliphatic carbocycles. The van der Waals surface area contributed by atoms with Gasteiger partial charge in [-0.3, -0.25) is 4.90 Å². The van der Waals surface area contributed by atoms with Crippen LogP contribution in [0.25, 0.3) is 0 Å². The molecule has 2 aliphatic heterocycles. The molecule has 4 heteroatoms. The smallest absolute Gasteiger partial charge is 0.115 e. The molecule has 1 unspecified atom stereocenters. The predicted molar refractivity (Wildman–Crippen MR) is 57.5 cm³/mol. The fourth-order valence-corrected chi connectivity index (χ4v) is 2.80. The second kappa shape index (κ2) is 3.99. The van der Waals surface area contributed by atoms with E-state index in [4.69, 9.17) is 4.74 Å². The highest BCUT2D eigenvalue weighted by atomic mass is 32.1. The highest BCUT2D eigenvalue weighted by Crippen LogP contribution is 2.40. The summed E-state index contributed by atoms with van der Waals surface area (Å²) in [5.41, 5.74) is -0.0540. The number of alkyl halides is 1. The van der Waals surface area contributed by atoms with Crippen molar-refractivity contribution in [3.63, 3.8) is 0 Å². The Labute approximate surface area is 90.2 Å². The van der Waals surface area contributed by atoms with E-state index in [9.17, 15) is 4.39 Å². The Morgan fingerprint density at radius 1 is 1.71 bits per heavy atom. The van der Waals surface area contributed by atoms with Crippen molar-refractivity contribution in [2.24, 2.45) is 0 Å². The summed E-state index contributed by atoms with van der Waals surface area (Å²) in [6.07, 6.45) is 2.24. The van der Waals surface area contributed by atoms with Gasteiger partial charge in [0.2, 0.25) is 0 Å². The summed E-state index contributed by atoms with van der Waals surface area (Å²) in [5, 5.41) is 0. The first kappa shape index (κ1) is 10.7. The van der Waals surface area contributed by atoms with Crippen LogP contribution in [-0.4, -0.2) is 41.7 Å². The van der Waals surface area contributed by atoms with Gasteiger partial charge in [0, 0.05) is 18.5 Å². The predicted octanol–water partition coefficient (Wildman–Crippen LogP) is 1.86. The molecule has 0 spiro atoms. The summed E-state index contributed by atoms with van der Waals surface area (Å²) in [7, 11) is 0. The maximum atomic E-state index is 13.3. The molecule has 2 nitrogen and oxygen atoms in total. The van der Waals surface area contributed by atoms with E-state index in [1.165, 1.54) is 6.42 Å². The van der Waals surface area contributed by atoms with Crippen LogP contribution in [0, 0.1) is 0 Å². The number of hydrogen-bond donors (Lipinski definition) is 1. The van der Waals surface area contributed by atoms with Crippen molar-refractivity contribution in [2.75, 3.05) is 19.7 Å². The van der Waals surface area contributed by atoms with Crippen molar-refractivity contribution < 1.29 is 9.13 Å². The topological polar surface area (TPSA) is 12.5 Å². The van der Waals surface area contributed by atoms with Crippen molar-refractivity contribution in [1.82, 2.24) is 4.90 Å². The lowest BCUT2D eigenvalue weighted by molar-refractivity contribution is 0.0293. The lowest BCUT2D eigenvalue weighted by Gasteiger charge is -2.31. The number of fused-ring (bicyclic) bond motifs is 1. The van der Waals surface area contributed by atoms with E-state index < -0.39 is 6.17 Å². The Morgan fingerprint density at radius 2 is 2.50 bits per heavy atom. The van der Waals surface area contributed by atoms with Gasteiger partial charge in [-0.2, -0.15) is 0 Å². The molecule has 0 N–H and O–H groups in total. The van der Waals surface area contributed by atoms with Gasteiger partial charge in [-0.1, -0.05) is 0 Å². The van der Waals surface area contributed by atoms with Crippen LogP contribution in [0.4, 0.5) is 4.39 Å². The van der Waals surface area contributed by atoms with E-state index in [0.717, 1.165) is 13.0 Å². The van der Waals surface area contributed by atoms with E-state index >= 15 is 0 Å². The standard InChI is InChI=1S/C10H18FNOS/c1-8(14)13-7-10-3-2-4-12(10)6-9(11)5-10/h8-9,14H,2-7H2,1H3/t8?,9-,10+/m1/s1. The van der Waals surface area contributed by atoms with E-state index in [-0.39, 0.29) is 11.0 Å². The summed E-state index contributed by atoms with van der Waals surface area (Å²) in [5.74, 6) is 0. The van der Waals surface area contributed by atoms with Gasteiger partial charge in [0.05, 0.1) is 12.0 Å². The maximum absolute atomic E-state index is 13.3. The molecule has 82 valence electrons. The van der Waals surface area contributed by atoms with Crippen LogP contribution in [0.3, 0.4) is 0 Å². The fraction of sp³-hybridized carbons (Fsp3) is 1.00. The lowest BCUT2D eigenvalue weighted by Crippen LogP contribution is -2.42. The summed E-state index contributed by atoms with van der Waals surface area (Å²) in [4.78, 5) is 2.26. The van der Waals surface area contributed by atoms with Crippen molar-refractivity contribution >= 4 is 12.6 Å². The molecule has 0 aromatic rings. The highest BCUT2D eigenvalue weighted by Gasteiger charge is 2.48. The molecule has 0 amide bonds. The Balaban J connectivity index is 1.98.